The fraction of sp³-hybridized carbons (Fsp3) is 0.286. The van der Waals surface area contributed by atoms with E-state index in [1.807, 2.05) is 50.2 Å². The number of hydrogen-bond donors (Lipinski definition) is 1. The number of carbonyl (C=O) groups is 2. The van der Waals surface area contributed by atoms with Gasteiger partial charge in [-0.3, -0.25) is 13.9 Å². The number of hydrogen-bond acceptors (Lipinski definition) is 4. The van der Waals surface area contributed by atoms with Crippen molar-refractivity contribution >= 4 is 50.7 Å². The molecule has 0 heterocycles. The summed E-state index contributed by atoms with van der Waals surface area (Å²) < 4.78 is 26.8. The highest BCUT2D eigenvalue weighted by molar-refractivity contribution is 7.92. The summed E-state index contributed by atoms with van der Waals surface area (Å²) in [6, 6.07) is 18.6. The number of anilines is 1. The van der Waals surface area contributed by atoms with Crippen LogP contribution < -0.4 is 9.62 Å². The van der Waals surface area contributed by atoms with Crippen LogP contribution in [0.3, 0.4) is 0 Å². The summed E-state index contributed by atoms with van der Waals surface area (Å²) in [6.45, 7) is 3.11. The van der Waals surface area contributed by atoms with E-state index in [0.29, 0.717) is 21.3 Å². The van der Waals surface area contributed by atoms with Crippen LogP contribution >= 0.6 is 23.2 Å². The van der Waals surface area contributed by atoms with Gasteiger partial charge in [0.05, 0.1) is 11.9 Å². The maximum atomic E-state index is 14.0. The Morgan fingerprint density at radius 3 is 2.03 bits per heavy atom. The van der Waals surface area contributed by atoms with Gasteiger partial charge < -0.3 is 10.2 Å². The first-order chi connectivity index (χ1) is 17.9. The number of carbonyl (C=O) groups excluding carboxylic acids is 2. The monoisotopic (exact) mass is 575 g/mol. The Bertz CT molecular complexity index is 1370. The number of aryl methyl sites for hydroxylation is 2. The molecule has 1 atom stereocenters. The second kappa shape index (κ2) is 12.7. The summed E-state index contributed by atoms with van der Waals surface area (Å²) in [5.41, 5.74) is 3.37. The summed E-state index contributed by atoms with van der Waals surface area (Å²) >= 11 is 12.9. The Morgan fingerprint density at radius 2 is 1.50 bits per heavy atom. The molecule has 2 amide bonds. The standard InChI is InChI=1S/C28H31Cl2N3O4S/c1-19-13-20(2)15-22(14-19)33(38(4,36)37)18-27(34)32(17-23-24(29)11-8-12-25(23)30)26(28(35)31-3)16-21-9-6-5-7-10-21/h5-15,26H,16-18H2,1-4H3,(H,31,35)/t26-/m0/s1. The van der Waals surface area contributed by atoms with Crippen molar-refractivity contribution in [2.75, 3.05) is 24.2 Å². The summed E-state index contributed by atoms with van der Waals surface area (Å²) in [4.78, 5) is 28.5. The summed E-state index contributed by atoms with van der Waals surface area (Å²) in [7, 11) is -2.36. The SMILES string of the molecule is CNC(=O)[C@H](Cc1ccccc1)N(Cc1c(Cl)cccc1Cl)C(=O)CN(c1cc(C)cc(C)c1)S(C)(=O)=O. The van der Waals surface area contributed by atoms with Crippen LogP contribution in [-0.2, 0) is 32.6 Å². The van der Waals surface area contributed by atoms with Crippen molar-refractivity contribution in [2.24, 2.45) is 0 Å². The van der Waals surface area contributed by atoms with E-state index in [1.54, 1.807) is 30.3 Å². The van der Waals surface area contributed by atoms with E-state index in [1.165, 1.54) is 11.9 Å². The smallest absolute Gasteiger partial charge is 0.244 e. The Hall–Kier alpha value is -3.07. The van der Waals surface area contributed by atoms with Gasteiger partial charge in [0.15, 0.2) is 0 Å². The molecule has 202 valence electrons. The van der Waals surface area contributed by atoms with Gasteiger partial charge in [-0.05, 0) is 54.8 Å². The van der Waals surface area contributed by atoms with Gasteiger partial charge in [0.2, 0.25) is 21.8 Å². The summed E-state index contributed by atoms with van der Waals surface area (Å²) in [5, 5.41) is 3.30. The first-order valence-electron chi connectivity index (χ1n) is 11.9. The molecule has 0 unspecified atom stereocenters. The highest BCUT2D eigenvalue weighted by atomic mass is 35.5. The van der Waals surface area contributed by atoms with Gasteiger partial charge >= 0.3 is 0 Å². The van der Waals surface area contributed by atoms with Crippen LogP contribution in [0.5, 0.6) is 0 Å². The summed E-state index contributed by atoms with van der Waals surface area (Å²) in [6.07, 6.45) is 1.25. The average molecular weight is 577 g/mol. The minimum absolute atomic E-state index is 0.0906. The second-order valence-electron chi connectivity index (χ2n) is 9.16. The molecule has 7 nitrogen and oxygen atoms in total. The van der Waals surface area contributed by atoms with Crippen molar-refractivity contribution < 1.29 is 18.0 Å². The lowest BCUT2D eigenvalue weighted by molar-refractivity contribution is -0.139. The molecule has 0 bridgehead atoms. The third-order valence-corrected chi connectivity index (χ3v) is 7.93. The molecule has 0 aliphatic carbocycles. The first kappa shape index (κ1) is 29.5. The number of rotatable bonds is 10. The Balaban J connectivity index is 2.09. The van der Waals surface area contributed by atoms with Crippen LogP contribution in [0, 0.1) is 13.8 Å². The van der Waals surface area contributed by atoms with Crippen LogP contribution in [0.1, 0.15) is 22.3 Å². The highest BCUT2D eigenvalue weighted by Gasteiger charge is 2.33. The molecule has 0 radical (unpaired) electrons. The first-order valence-corrected chi connectivity index (χ1v) is 14.5. The molecule has 0 fully saturated rings. The number of sulfonamides is 1. The van der Waals surface area contributed by atoms with E-state index in [0.717, 1.165) is 27.3 Å². The van der Waals surface area contributed by atoms with Crippen molar-refractivity contribution in [3.05, 3.63) is 99.0 Å². The zero-order valence-corrected chi connectivity index (χ0v) is 24.1. The molecule has 0 aliphatic heterocycles. The highest BCUT2D eigenvalue weighted by Crippen LogP contribution is 2.28. The molecule has 38 heavy (non-hydrogen) atoms. The quantitative estimate of drug-likeness (QED) is 0.377. The van der Waals surface area contributed by atoms with E-state index in [4.69, 9.17) is 23.2 Å². The molecule has 10 heteroatoms. The molecule has 3 aromatic rings. The van der Waals surface area contributed by atoms with Crippen molar-refractivity contribution in [2.45, 2.75) is 32.9 Å². The molecular formula is C28H31Cl2N3O4S. The number of halogens is 2. The molecule has 0 saturated carbocycles. The number of benzene rings is 3. The Morgan fingerprint density at radius 1 is 0.921 bits per heavy atom. The van der Waals surface area contributed by atoms with Crippen LogP contribution in [0.4, 0.5) is 5.69 Å². The molecular weight excluding hydrogens is 545 g/mol. The predicted octanol–water partition coefficient (Wildman–Crippen LogP) is 4.76. The van der Waals surface area contributed by atoms with E-state index in [9.17, 15) is 18.0 Å². The van der Waals surface area contributed by atoms with E-state index in [-0.39, 0.29) is 13.0 Å². The number of nitrogens with zero attached hydrogens (tertiary/aromatic N) is 2. The van der Waals surface area contributed by atoms with E-state index < -0.39 is 34.4 Å². The van der Waals surface area contributed by atoms with Gasteiger partial charge in [-0.2, -0.15) is 0 Å². The molecule has 1 N–H and O–H groups in total. The van der Waals surface area contributed by atoms with Crippen molar-refractivity contribution in [1.29, 1.82) is 0 Å². The fourth-order valence-corrected chi connectivity index (χ4v) is 5.63. The molecule has 0 saturated heterocycles. The van der Waals surface area contributed by atoms with Gasteiger partial charge in [-0.1, -0.05) is 65.7 Å². The van der Waals surface area contributed by atoms with Gasteiger partial charge in [-0.15, -0.1) is 0 Å². The molecule has 3 rings (SSSR count). The van der Waals surface area contributed by atoms with E-state index >= 15 is 0 Å². The molecule has 3 aromatic carbocycles. The van der Waals surface area contributed by atoms with Crippen molar-refractivity contribution in [1.82, 2.24) is 10.2 Å². The minimum Gasteiger partial charge on any atom is -0.357 e. The maximum Gasteiger partial charge on any atom is 0.244 e. The fourth-order valence-electron chi connectivity index (χ4n) is 4.28. The predicted molar refractivity (Wildman–Crippen MR) is 153 cm³/mol. The topological polar surface area (TPSA) is 86.8 Å². The van der Waals surface area contributed by atoms with Crippen molar-refractivity contribution in [3.63, 3.8) is 0 Å². The van der Waals surface area contributed by atoms with Gasteiger partial charge in [0.25, 0.3) is 0 Å². The Labute approximate surface area is 234 Å². The van der Waals surface area contributed by atoms with Gasteiger partial charge in [-0.25, -0.2) is 8.42 Å². The Kier molecular flexibility index (Phi) is 9.82. The van der Waals surface area contributed by atoms with Gasteiger partial charge in [0.1, 0.15) is 12.6 Å². The number of nitrogens with one attached hydrogen (secondary N) is 1. The molecule has 0 aliphatic rings. The lowest BCUT2D eigenvalue weighted by Crippen LogP contribution is -2.53. The normalized spacial score (nSPS) is 12.1. The zero-order chi connectivity index (χ0) is 28.0. The number of amides is 2. The largest absolute Gasteiger partial charge is 0.357 e. The van der Waals surface area contributed by atoms with E-state index in [2.05, 4.69) is 5.32 Å². The molecule has 0 aromatic heterocycles. The second-order valence-corrected chi connectivity index (χ2v) is 11.9. The third-order valence-electron chi connectivity index (χ3n) is 6.08. The van der Waals surface area contributed by atoms with Crippen molar-refractivity contribution in [3.8, 4) is 0 Å². The van der Waals surface area contributed by atoms with Crippen LogP contribution in [0.15, 0.2) is 66.7 Å². The summed E-state index contributed by atoms with van der Waals surface area (Å²) in [5.74, 6) is -0.974. The maximum absolute atomic E-state index is 14.0. The number of likely N-dealkylation sites (N-methyl/N-ethyl adjacent to an activating group) is 1. The molecule has 0 spiro atoms. The zero-order valence-electron chi connectivity index (χ0n) is 21.7. The van der Waals surface area contributed by atoms with Crippen LogP contribution in [0.25, 0.3) is 0 Å². The van der Waals surface area contributed by atoms with Crippen LogP contribution in [-0.4, -0.2) is 51.0 Å². The third kappa shape index (κ3) is 7.49. The van der Waals surface area contributed by atoms with Gasteiger partial charge in [0, 0.05) is 35.6 Å². The lowest BCUT2D eigenvalue weighted by atomic mass is 10.0. The van der Waals surface area contributed by atoms with Crippen LogP contribution in [0.2, 0.25) is 10.0 Å². The minimum atomic E-state index is -3.85. The average Bonchev–Trinajstić information content (AvgIpc) is 2.84. The lowest BCUT2D eigenvalue weighted by Gasteiger charge is -2.33.